The van der Waals surface area contributed by atoms with Gasteiger partial charge in [0.1, 0.15) is 0 Å². The van der Waals surface area contributed by atoms with Crippen LogP contribution in [0.1, 0.15) is 26.7 Å². The Kier molecular flexibility index (Phi) is 4.55. The molecule has 0 aliphatic rings. The minimum atomic E-state index is 0.119. The number of rotatable bonds is 5. The van der Waals surface area contributed by atoms with E-state index in [0.29, 0.717) is 11.9 Å². The summed E-state index contributed by atoms with van der Waals surface area (Å²) in [5, 5.41) is 3.17. The third-order valence-electron chi connectivity index (χ3n) is 1.87. The van der Waals surface area contributed by atoms with E-state index in [2.05, 4.69) is 34.1 Å². The molecule has 1 rings (SSSR count). The summed E-state index contributed by atoms with van der Waals surface area (Å²) >= 11 is 5.63. The van der Waals surface area contributed by atoms with Gasteiger partial charge in [-0.25, -0.2) is 0 Å². The van der Waals surface area contributed by atoms with Crippen molar-refractivity contribution in [3.05, 3.63) is 5.28 Å². The standard InChI is InChI=1S/C9H16ClN5/c1-6(2)4-3-5-12-9-14-7(10)13-8(11)15-9/h6H,3-5H2,1-2H3,(H3,11,12,13,14,15). The summed E-state index contributed by atoms with van der Waals surface area (Å²) in [6.45, 7) is 5.20. The molecule has 0 aromatic carbocycles. The van der Waals surface area contributed by atoms with Crippen molar-refractivity contribution < 1.29 is 0 Å². The van der Waals surface area contributed by atoms with E-state index < -0.39 is 0 Å². The van der Waals surface area contributed by atoms with Gasteiger partial charge in [0.05, 0.1) is 0 Å². The average molecular weight is 230 g/mol. The number of nitrogens with one attached hydrogen (secondary N) is 1. The molecule has 84 valence electrons. The minimum absolute atomic E-state index is 0.119. The van der Waals surface area contributed by atoms with Crippen LogP contribution in [0.3, 0.4) is 0 Å². The second-order valence-corrected chi connectivity index (χ2v) is 4.09. The maximum Gasteiger partial charge on any atom is 0.228 e. The Balaban J connectivity index is 2.37. The number of hydrogen-bond donors (Lipinski definition) is 2. The van der Waals surface area contributed by atoms with Crippen LogP contribution < -0.4 is 11.1 Å². The van der Waals surface area contributed by atoms with Crippen molar-refractivity contribution in [1.82, 2.24) is 15.0 Å². The first kappa shape index (κ1) is 12.0. The fourth-order valence-corrected chi connectivity index (χ4v) is 1.32. The monoisotopic (exact) mass is 229 g/mol. The molecular formula is C9H16ClN5. The molecule has 6 heteroatoms. The summed E-state index contributed by atoms with van der Waals surface area (Å²) in [5.41, 5.74) is 5.43. The van der Waals surface area contributed by atoms with Gasteiger partial charge in [-0.1, -0.05) is 13.8 Å². The van der Waals surface area contributed by atoms with E-state index in [1.54, 1.807) is 0 Å². The summed E-state index contributed by atoms with van der Waals surface area (Å²) in [4.78, 5) is 11.5. The van der Waals surface area contributed by atoms with Crippen molar-refractivity contribution in [3.63, 3.8) is 0 Å². The molecular weight excluding hydrogens is 214 g/mol. The number of nitrogens with zero attached hydrogens (tertiary/aromatic N) is 3. The Labute approximate surface area is 94.5 Å². The van der Waals surface area contributed by atoms with Gasteiger partial charge in [-0.15, -0.1) is 0 Å². The van der Waals surface area contributed by atoms with Crippen LogP contribution in [0.25, 0.3) is 0 Å². The summed E-state index contributed by atoms with van der Waals surface area (Å²) in [6, 6.07) is 0. The summed E-state index contributed by atoms with van der Waals surface area (Å²) in [7, 11) is 0. The van der Waals surface area contributed by atoms with Crippen LogP contribution in [-0.2, 0) is 0 Å². The molecule has 0 radical (unpaired) electrons. The lowest BCUT2D eigenvalue weighted by Crippen LogP contribution is -2.08. The fourth-order valence-electron chi connectivity index (χ4n) is 1.15. The molecule has 0 amide bonds. The lowest BCUT2D eigenvalue weighted by atomic mass is 10.1. The molecule has 1 heterocycles. The highest BCUT2D eigenvalue weighted by Gasteiger charge is 2.01. The molecule has 3 N–H and O–H groups in total. The molecule has 0 unspecified atom stereocenters. The van der Waals surface area contributed by atoms with Crippen molar-refractivity contribution in [1.29, 1.82) is 0 Å². The van der Waals surface area contributed by atoms with Gasteiger partial charge in [0.25, 0.3) is 0 Å². The maximum absolute atomic E-state index is 5.63. The molecule has 0 saturated carbocycles. The van der Waals surface area contributed by atoms with E-state index in [1.165, 1.54) is 6.42 Å². The molecule has 0 aliphatic heterocycles. The second-order valence-electron chi connectivity index (χ2n) is 3.75. The van der Waals surface area contributed by atoms with Crippen molar-refractivity contribution >= 4 is 23.5 Å². The van der Waals surface area contributed by atoms with Crippen LogP contribution >= 0.6 is 11.6 Å². The van der Waals surface area contributed by atoms with E-state index in [1.807, 2.05) is 0 Å². The number of anilines is 2. The van der Waals surface area contributed by atoms with Gasteiger partial charge < -0.3 is 11.1 Å². The van der Waals surface area contributed by atoms with Crippen LogP contribution in [-0.4, -0.2) is 21.5 Å². The molecule has 0 atom stereocenters. The second kappa shape index (κ2) is 5.70. The predicted octanol–water partition coefficient (Wildman–Crippen LogP) is 1.96. The third-order valence-corrected chi connectivity index (χ3v) is 2.04. The number of hydrogen-bond acceptors (Lipinski definition) is 5. The molecule has 0 spiro atoms. The first-order valence-corrected chi connectivity index (χ1v) is 5.36. The molecule has 0 fully saturated rings. The summed E-state index contributed by atoms with van der Waals surface area (Å²) in [6.07, 6.45) is 2.24. The quantitative estimate of drug-likeness (QED) is 0.755. The van der Waals surface area contributed by atoms with Gasteiger partial charge in [0.15, 0.2) is 0 Å². The minimum Gasteiger partial charge on any atom is -0.368 e. The molecule has 0 bridgehead atoms. The Morgan fingerprint density at radius 1 is 1.33 bits per heavy atom. The number of nitrogen functional groups attached to an aromatic ring is 1. The van der Waals surface area contributed by atoms with Crippen LogP contribution in [0.4, 0.5) is 11.9 Å². The summed E-state index contributed by atoms with van der Waals surface area (Å²) in [5.74, 6) is 1.29. The zero-order chi connectivity index (χ0) is 11.3. The molecule has 5 nitrogen and oxygen atoms in total. The zero-order valence-electron chi connectivity index (χ0n) is 9.00. The Morgan fingerprint density at radius 3 is 2.67 bits per heavy atom. The molecule has 0 saturated heterocycles. The lowest BCUT2D eigenvalue weighted by Gasteiger charge is -2.06. The number of nitrogens with two attached hydrogens (primary N) is 1. The number of aromatic nitrogens is 3. The molecule has 0 aliphatic carbocycles. The highest BCUT2D eigenvalue weighted by atomic mass is 35.5. The summed E-state index contributed by atoms with van der Waals surface area (Å²) < 4.78 is 0. The van der Waals surface area contributed by atoms with E-state index >= 15 is 0 Å². The first-order valence-electron chi connectivity index (χ1n) is 4.99. The average Bonchev–Trinajstić information content (AvgIpc) is 2.10. The highest BCUT2D eigenvalue weighted by molar-refractivity contribution is 6.28. The predicted molar refractivity (Wildman–Crippen MR) is 61.8 cm³/mol. The molecule has 15 heavy (non-hydrogen) atoms. The SMILES string of the molecule is CC(C)CCCNc1nc(N)nc(Cl)n1. The van der Waals surface area contributed by atoms with Gasteiger partial charge in [0.2, 0.25) is 17.2 Å². The molecule has 1 aromatic rings. The van der Waals surface area contributed by atoms with E-state index in [9.17, 15) is 0 Å². The van der Waals surface area contributed by atoms with Gasteiger partial charge in [-0.3, -0.25) is 0 Å². The van der Waals surface area contributed by atoms with Gasteiger partial charge in [-0.05, 0) is 30.4 Å². The van der Waals surface area contributed by atoms with Crippen LogP contribution in [0, 0.1) is 5.92 Å². The van der Waals surface area contributed by atoms with Gasteiger partial charge >= 0.3 is 0 Å². The van der Waals surface area contributed by atoms with Crippen LogP contribution in [0.5, 0.6) is 0 Å². The Morgan fingerprint density at radius 2 is 2.07 bits per heavy atom. The van der Waals surface area contributed by atoms with E-state index in [-0.39, 0.29) is 11.2 Å². The van der Waals surface area contributed by atoms with Crippen molar-refractivity contribution in [2.45, 2.75) is 26.7 Å². The fraction of sp³-hybridized carbons (Fsp3) is 0.667. The third kappa shape index (κ3) is 4.78. The zero-order valence-corrected chi connectivity index (χ0v) is 9.75. The van der Waals surface area contributed by atoms with E-state index in [4.69, 9.17) is 17.3 Å². The topological polar surface area (TPSA) is 76.7 Å². The Hall–Kier alpha value is -1.10. The van der Waals surface area contributed by atoms with Crippen LogP contribution in [0.2, 0.25) is 5.28 Å². The van der Waals surface area contributed by atoms with E-state index in [0.717, 1.165) is 13.0 Å². The largest absolute Gasteiger partial charge is 0.368 e. The van der Waals surface area contributed by atoms with Crippen LogP contribution in [0.15, 0.2) is 0 Å². The van der Waals surface area contributed by atoms with Crippen molar-refractivity contribution in [2.24, 2.45) is 5.92 Å². The van der Waals surface area contributed by atoms with Crippen molar-refractivity contribution in [2.75, 3.05) is 17.6 Å². The molecule has 1 aromatic heterocycles. The Bertz CT molecular complexity index is 295. The maximum atomic E-state index is 5.63. The first-order chi connectivity index (χ1) is 7.08. The van der Waals surface area contributed by atoms with Gasteiger partial charge in [0, 0.05) is 6.54 Å². The lowest BCUT2D eigenvalue weighted by molar-refractivity contribution is 0.566. The number of halogens is 1. The highest BCUT2D eigenvalue weighted by Crippen LogP contribution is 2.08. The van der Waals surface area contributed by atoms with Crippen molar-refractivity contribution in [3.8, 4) is 0 Å². The normalized spacial score (nSPS) is 10.7. The van der Waals surface area contributed by atoms with Gasteiger partial charge in [-0.2, -0.15) is 15.0 Å². The smallest absolute Gasteiger partial charge is 0.228 e.